The van der Waals surface area contributed by atoms with Gasteiger partial charge in [0.1, 0.15) is 5.69 Å². The van der Waals surface area contributed by atoms with E-state index in [0.717, 1.165) is 42.0 Å². The Kier molecular flexibility index (Phi) is 4.09. The van der Waals surface area contributed by atoms with E-state index in [0.29, 0.717) is 5.41 Å². The van der Waals surface area contributed by atoms with Gasteiger partial charge in [-0.2, -0.15) is 0 Å². The summed E-state index contributed by atoms with van der Waals surface area (Å²) in [7, 11) is 1.92. The fourth-order valence-corrected chi connectivity index (χ4v) is 3.37. The van der Waals surface area contributed by atoms with Crippen LogP contribution in [0.5, 0.6) is 0 Å². The number of carbonyl (C=O) groups is 1. The van der Waals surface area contributed by atoms with E-state index in [2.05, 4.69) is 36.7 Å². The molecule has 1 aliphatic heterocycles. The minimum Gasteiger partial charge on any atom is -0.345 e. The van der Waals surface area contributed by atoms with Crippen LogP contribution < -0.4 is 0 Å². The van der Waals surface area contributed by atoms with Gasteiger partial charge in [-0.1, -0.05) is 20.8 Å². The Hall–Kier alpha value is -0.770. The molecule has 1 aromatic rings. The van der Waals surface area contributed by atoms with Gasteiger partial charge in [0.15, 0.2) is 0 Å². The smallest absolute Gasteiger partial charge is 0.270 e. The molecule has 0 radical (unpaired) electrons. The van der Waals surface area contributed by atoms with Gasteiger partial charge in [-0.25, -0.2) is 0 Å². The molecule has 1 amide bonds. The van der Waals surface area contributed by atoms with Crippen LogP contribution in [0.2, 0.25) is 0 Å². The van der Waals surface area contributed by atoms with E-state index in [1.54, 1.807) is 0 Å². The summed E-state index contributed by atoms with van der Waals surface area (Å²) in [4.78, 5) is 14.5. The summed E-state index contributed by atoms with van der Waals surface area (Å²) < 4.78 is 2.85. The van der Waals surface area contributed by atoms with Gasteiger partial charge in [0, 0.05) is 30.8 Å². The normalized spacial score (nSPS) is 17.8. The van der Waals surface area contributed by atoms with Crippen molar-refractivity contribution in [1.82, 2.24) is 9.47 Å². The van der Waals surface area contributed by atoms with Crippen LogP contribution in [0, 0.1) is 11.3 Å². The summed E-state index contributed by atoms with van der Waals surface area (Å²) in [5, 5.41) is 0. The number of hydrogen-bond donors (Lipinski definition) is 0. The molecule has 0 N–H and O–H groups in total. The fourth-order valence-electron chi connectivity index (χ4n) is 2.85. The van der Waals surface area contributed by atoms with Crippen molar-refractivity contribution in [2.75, 3.05) is 13.1 Å². The molecule has 1 aromatic heterocycles. The number of amides is 1. The maximum absolute atomic E-state index is 12.5. The molecule has 3 nitrogen and oxygen atoms in total. The van der Waals surface area contributed by atoms with Gasteiger partial charge >= 0.3 is 0 Å². The van der Waals surface area contributed by atoms with Gasteiger partial charge in [-0.15, -0.1) is 0 Å². The number of likely N-dealkylation sites (tertiary alicyclic amines) is 1. The van der Waals surface area contributed by atoms with Gasteiger partial charge in [-0.05, 0) is 46.2 Å². The number of rotatable bonds is 1. The molecule has 106 valence electrons. The van der Waals surface area contributed by atoms with Gasteiger partial charge in [0.25, 0.3) is 5.91 Å². The van der Waals surface area contributed by atoms with Crippen LogP contribution in [0.25, 0.3) is 0 Å². The first-order valence-corrected chi connectivity index (χ1v) is 7.69. The maximum atomic E-state index is 12.5. The second-order valence-corrected chi connectivity index (χ2v) is 7.50. The number of carbonyl (C=O) groups excluding carboxylic acids is 1. The van der Waals surface area contributed by atoms with Crippen LogP contribution in [-0.4, -0.2) is 28.5 Å². The summed E-state index contributed by atoms with van der Waals surface area (Å²) >= 11 is 3.42. The minimum absolute atomic E-state index is 0.153. The Bertz CT molecular complexity index is 465. The predicted octanol–water partition coefficient (Wildman–Crippen LogP) is 3.69. The summed E-state index contributed by atoms with van der Waals surface area (Å²) in [6, 6.07) is 1.90. The molecule has 2 rings (SSSR count). The third-order valence-electron chi connectivity index (χ3n) is 4.20. The van der Waals surface area contributed by atoms with Gasteiger partial charge in [0.05, 0.1) is 0 Å². The average molecular weight is 327 g/mol. The van der Waals surface area contributed by atoms with Crippen molar-refractivity contribution < 1.29 is 4.79 Å². The van der Waals surface area contributed by atoms with E-state index >= 15 is 0 Å². The molecule has 19 heavy (non-hydrogen) atoms. The Morgan fingerprint density at radius 1 is 1.32 bits per heavy atom. The molecule has 0 aliphatic carbocycles. The molecule has 1 saturated heterocycles. The van der Waals surface area contributed by atoms with Gasteiger partial charge < -0.3 is 9.47 Å². The van der Waals surface area contributed by atoms with Crippen LogP contribution >= 0.6 is 15.9 Å². The summed E-state index contributed by atoms with van der Waals surface area (Å²) in [5.41, 5.74) is 1.12. The van der Waals surface area contributed by atoms with Crippen molar-refractivity contribution >= 4 is 21.8 Å². The second-order valence-electron chi connectivity index (χ2n) is 6.59. The Balaban J connectivity index is 2.02. The Morgan fingerprint density at radius 2 is 1.89 bits per heavy atom. The van der Waals surface area contributed by atoms with E-state index in [1.165, 1.54) is 0 Å². The fraction of sp³-hybridized carbons (Fsp3) is 0.667. The molecule has 0 saturated carbocycles. The van der Waals surface area contributed by atoms with Crippen molar-refractivity contribution in [2.45, 2.75) is 33.6 Å². The predicted molar refractivity (Wildman–Crippen MR) is 81.2 cm³/mol. The topological polar surface area (TPSA) is 25.2 Å². The molecular weight excluding hydrogens is 304 g/mol. The highest BCUT2D eigenvalue weighted by atomic mass is 79.9. The number of piperidine rings is 1. The zero-order chi connectivity index (χ0) is 14.2. The van der Waals surface area contributed by atoms with E-state index in [1.807, 2.05) is 28.8 Å². The number of halogens is 1. The lowest BCUT2D eigenvalue weighted by atomic mass is 9.75. The van der Waals surface area contributed by atoms with E-state index in [-0.39, 0.29) is 5.91 Å². The molecule has 1 aliphatic rings. The standard InChI is InChI=1S/C15H23BrN2O/c1-15(2,3)11-5-7-18(8-6-11)14(19)13-9-12(16)10-17(13)4/h9-11H,5-8H2,1-4H3. The highest BCUT2D eigenvalue weighted by molar-refractivity contribution is 9.10. The van der Waals surface area contributed by atoms with Crippen LogP contribution in [0.4, 0.5) is 0 Å². The monoisotopic (exact) mass is 326 g/mol. The molecule has 4 heteroatoms. The summed E-state index contributed by atoms with van der Waals surface area (Å²) in [6.45, 7) is 8.64. The van der Waals surface area contributed by atoms with Crippen LogP contribution in [0.3, 0.4) is 0 Å². The number of aromatic nitrogens is 1. The van der Waals surface area contributed by atoms with E-state index in [9.17, 15) is 4.79 Å². The highest BCUT2D eigenvalue weighted by Gasteiger charge is 2.31. The van der Waals surface area contributed by atoms with Crippen molar-refractivity contribution in [3.8, 4) is 0 Å². The summed E-state index contributed by atoms with van der Waals surface area (Å²) in [5.74, 6) is 0.872. The number of aryl methyl sites for hydroxylation is 1. The van der Waals surface area contributed by atoms with Crippen molar-refractivity contribution in [3.63, 3.8) is 0 Å². The third-order valence-corrected chi connectivity index (χ3v) is 4.63. The summed E-state index contributed by atoms with van der Waals surface area (Å²) in [6.07, 6.45) is 4.15. The van der Waals surface area contributed by atoms with Crippen molar-refractivity contribution in [1.29, 1.82) is 0 Å². The molecule has 0 aromatic carbocycles. The minimum atomic E-state index is 0.153. The second kappa shape index (κ2) is 5.31. The molecule has 0 atom stereocenters. The molecule has 0 bridgehead atoms. The molecular formula is C15H23BrN2O. The van der Waals surface area contributed by atoms with Gasteiger partial charge in [0.2, 0.25) is 0 Å². The third kappa shape index (κ3) is 3.22. The molecule has 0 unspecified atom stereocenters. The van der Waals surface area contributed by atoms with Crippen LogP contribution in [0.15, 0.2) is 16.7 Å². The average Bonchev–Trinajstić information content (AvgIpc) is 2.66. The van der Waals surface area contributed by atoms with Crippen LogP contribution in [-0.2, 0) is 7.05 Å². The van der Waals surface area contributed by atoms with Crippen LogP contribution in [0.1, 0.15) is 44.1 Å². The number of hydrogen-bond acceptors (Lipinski definition) is 1. The first-order chi connectivity index (χ1) is 8.79. The molecule has 2 heterocycles. The maximum Gasteiger partial charge on any atom is 0.270 e. The zero-order valence-corrected chi connectivity index (χ0v) is 13.8. The quantitative estimate of drug-likeness (QED) is 0.772. The molecule has 1 fully saturated rings. The SMILES string of the molecule is Cn1cc(Br)cc1C(=O)N1CCC(C(C)(C)C)CC1. The lowest BCUT2D eigenvalue weighted by Gasteiger charge is -2.38. The van der Waals surface area contributed by atoms with E-state index in [4.69, 9.17) is 0 Å². The first-order valence-electron chi connectivity index (χ1n) is 6.90. The lowest BCUT2D eigenvalue weighted by Crippen LogP contribution is -2.41. The first kappa shape index (κ1) is 14.6. The van der Waals surface area contributed by atoms with Crippen molar-refractivity contribution in [2.24, 2.45) is 18.4 Å². The molecule has 0 spiro atoms. The zero-order valence-electron chi connectivity index (χ0n) is 12.2. The Labute approximate surface area is 124 Å². The lowest BCUT2D eigenvalue weighted by molar-refractivity contribution is 0.0599. The van der Waals surface area contributed by atoms with Crippen molar-refractivity contribution in [3.05, 3.63) is 22.4 Å². The van der Waals surface area contributed by atoms with E-state index < -0.39 is 0 Å². The largest absolute Gasteiger partial charge is 0.345 e. The Morgan fingerprint density at radius 3 is 2.32 bits per heavy atom. The van der Waals surface area contributed by atoms with Gasteiger partial charge in [-0.3, -0.25) is 4.79 Å². The highest BCUT2D eigenvalue weighted by Crippen LogP contribution is 2.34. The number of nitrogens with zero attached hydrogens (tertiary/aromatic N) is 2.